The Morgan fingerprint density at radius 1 is 1.26 bits per heavy atom. The number of nitriles is 1. The molecule has 2 aromatic rings. The molecule has 2 rings (SSSR count). The van der Waals surface area contributed by atoms with Gasteiger partial charge in [0.1, 0.15) is 6.61 Å². The van der Waals surface area contributed by atoms with Crippen molar-refractivity contribution >= 4 is 11.6 Å². The van der Waals surface area contributed by atoms with E-state index in [0.717, 1.165) is 16.8 Å². The normalized spacial score (nSPS) is 10.0. The average Bonchev–Trinajstić information content (AvgIpc) is 2.41. The third-order valence-corrected chi connectivity index (χ3v) is 2.99. The van der Waals surface area contributed by atoms with Gasteiger partial charge in [-0.15, -0.1) is 0 Å². The van der Waals surface area contributed by atoms with Gasteiger partial charge < -0.3 is 4.74 Å². The Balaban J connectivity index is 2.22. The minimum Gasteiger partial charge on any atom is -0.472 e. The zero-order valence-electron chi connectivity index (χ0n) is 10.6. The summed E-state index contributed by atoms with van der Waals surface area (Å²) in [5.41, 5.74) is 3.04. The van der Waals surface area contributed by atoms with E-state index in [1.165, 1.54) is 0 Å². The van der Waals surface area contributed by atoms with E-state index in [1.807, 2.05) is 32.0 Å². The quantitative estimate of drug-likeness (QED) is 0.806. The molecule has 0 unspecified atom stereocenters. The van der Waals surface area contributed by atoms with E-state index in [-0.39, 0.29) is 11.9 Å². The van der Waals surface area contributed by atoms with Crippen LogP contribution in [0.5, 0.6) is 5.88 Å². The molecule has 0 aliphatic heterocycles. The van der Waals surface area contributed by atoms with Crippen LogP contribution in [-0.4, -0.2) is 9.97 Å². The van der Waals surface area contributed by atoms with Gasteiger partial charge in [0.2, 0.25) is 11.2 Å². The lowest BCUT2D eigenvalue weighted by Crippen LogP contribution is -2.03. The highest BCUT2D eigenvalue weighted by Gasteiger charge is 2.09. The molecule has 1 heterocycles. The molecule has 5 heteroatoms. The van der Waals surface area contributed by atoms with Crippen molar-refractivity contribution in [1.29, 1.82) is 5.26 Å². The number of ether oxygens (including phenoxy) is 1. The van der Waals surface area contributed by atoms with Crippen LogP contribution in [0.3, 0.4) is 0 Å². The maximum absolute atomic E-state index is 9.01. The van der Waals surface area contributed by atoms with Crippen LogP contribution in [0.1, 0.15) is 22.4 Å². The van der Waals surface area contributed by atoms with Crippen LogP contribution >= 0.6 is 11.6 Å². The van der Waals surface area contributed by atoms with Crippen molar-refractivity contribution in [1.82, 2.24) is 9.97 Å². The fourth-order valence-corrected chi connectivity index (χ4v) is 1.82. The number of halogens is 1. The Morgan fingerprint density at radius 2 is 2.00 bits per heavy atom. The van der Waals surface area contributed by atoms with E-state index in [0.29, 0.717) is 11.4 Å². The van der Waals surface area contributed by atoms with Crippen molar-refractivity contribution < 1.29 is 4.74 Å². The van der Waals surface area contributed by atoms with Gasteiger partial charge in [0.15, 0.2) is 0 Å². The first kappa shape index (κ1) is 13.3. The van der Waals surface area contributed by atoms with Gasteiger partial charge in [0, 0.05) is 16.8 Å². The van der Waals surface area contributed by atoms with Gasteiger partial charge in [0.25, 0.3) is 0 Å². The topological polar surface area (TPSA) is 58.8 Å². The number of hydrogen-bond acceptors (Lipinski definition) is 4. The molecule has 0 atom stereocenters. The van der Waals surface area contributed by atoms with Crippen LogP contribution in [0, 0.1) is 25.2 Å². The smallest absolute Gasteiger partial charge is 0.225 e. The SMILES string of the molecule is Cc1nc(Cl)nc(OCc2ccccc2C#N)c1C. The van der Waals surface area contributed by atoms with Gasteiger partial charge in [-0.2, -0.15) is 10.2 Å². The highest BCUT2D eigenvalue weighted by atomic mass is 35.5. The first-order valence-electron chi connectivity index (χ1n) is 5.73. The highest BCUT2D eigenvalue weighted by Crippen LogP contribution is 2.21. The van der Waals surface area contributed by atoms with E-state index in [9.17, 15) is 0 Å². The van der Waals surface area contributed by atoms with Gasteiger partial charge >= 0.3 is 0 Å². The molecule has 0 N–H and O–H groups in total. The van der Waals surface area contributed by atoms with Gasteiger partial charge in [-0.25, -0.2) is 4.98 Å². The number of rotatable bonds is 3. The molecule has 0 aliphatic carbocycles. The summed E-state index contributed by atoms with van der Waals surface area (Å²) in [7, 11) is 0. The van der Waals surface area contributed by atoms with E-state index in [1.54, 1.807) is 6.07 Å². The maximum atomic E-state index is 9.01. The van der Waals surface area contributed by atoms with Crippen molar-refractivity contribution in [2.75, 3.05) is 0 Å². The summed E-state index contributed by atoms with van der Waals surface area (Å²) in [5, 5.41) is 9.17. The number of benzene rings is 1. The molecule has 0 spiro atoms. The molecule has 19 heavy (non-hydrogen) atoms. The Kier molecular flexibility index (Phi) is 3.98. The summed E-state index contributed by atoms with van der Waals surface area (Å²) in [6.07, 6.45) is 0. The summed E-state index contributed by atoms with van der Waals surface area (Å²) in [6.45, 7) is 3.99. The van der Waals surface area contributed by atoms with Crippen LogP contribution in [0.2, 0.25) is 5.28 Å². The number of nitrogens with zero attached hydrogens (tertiary/aromatic N) is 3. The first-order chi connectivity index (χ1) is 9.11. The van der Waals surface area contributed by atoms with Crippen molar-refractivity contribution in [2.45, 2.75) is 20.5 Å². The predicted octanol–water partition coefficient (Wildman–Crippen LogP) is 3.20. The predicted molar refractivity (Wildman–Crippen MR) is 72.0 cm³/mol. The summed E-state index contributed by atoms with van der Waals surface area (Å²) in [6, 6.07) is 9.42. The van der Waals surface area contributed by atoms with Crippen molar-refractivity contribution in [3.05, 3.63) is 51.9 Å². The molecule has 4 nitrogen and oxygen atoms in total. The lowest BCUT2D eigenvalue weighted by Gasteiger charge is -2.10. The number of hydrogen-bond donors (Lipinski definition) is 0. The lowest BCUT2D eigenvalue weighted by molar-refractivity contribution is 0.290. The third kappa shape index (κ3) is 3.01. The Labute approximate surface area is 116 Å². The van der Waals surface area contributed by atoms with Crippen LogP contribution in [0.25, 0.3) is 0 Å². The summed E-state index contributed by atoms with van der Waals surface area (Å²) in [4.78, 5) is 8.10. The molecule has 0 fully saturated rings. The van der Waals surface area contributed by atoms with Gasteiger partial charge in [-0.05, 0) is 31.5 Å². The first-order valence-corrected chi connectivity index (χ1v) is 6.11. The van der Waals surface area contributed by atoms with Crippen LogP contribution < -0.4 is 4.74 Å². The molecule has 96 valence electrons. The lowest BCUT2D eigenvalue weighted by atomic mass is 10.1. The van der Waals surface area contributed by atoms with Crippen LogP contribution in [-0.2, 0) is 6.61 Å². The average molecular weight is 274 g/mol. The van der Waals surface area contributed by atoms with Crippen molar-refractivity contribution in [3.8, 4) is 11.9 Å². The highest BCUT2D eigenvalue weighted by molar-refractivity contribution is 6.28. The molecule has 1 aromatic heterocycles. The van der Waals surface area contributed by atoms with Gasteiger partial charge in [-0.1, -0.05) is 18.2 Å². The van der Waals surface area contributed by atoms with E-state index < -0.39 is 0 Å². The minimum absolute atomic E-state index is 0.159. The standard InChI is InChI=1S/C14H12ClN3O/c1-9-10(2)17-14(15)18-13(9)19-8-12-6-4-3-5-11(12)7-16/h3-6H,8H2,1-2H3. The number of aryl methyl sites for hydroxylation is 1. The molecule has 1 aromatic carbocycles. The zero-order chi connectivity index (χ0) is 13.8. The van der Waals surface area contributed by atoms with Crippen LogP contribution in [0.15, 0.2) is 24.3 Å². The molecule has 0 aliphatic rings. The Bertz CT molecular complexity index is 650. The van der Waals surface area contributed by atoms with Crippen LogP contribution in [0.4, 0.5) is 0 Å². The molecular formula is C14H12ClN3O. The van der Waals surface area contributed by atoms with Gasteiger partial charge in [-0.3, -0.25) is 0 Å². The molecule has 0 saturated carbocycles. The summed E-state index contributed by atoms with van der Waals surface area (Å²) < 4.78 is 5.64. The summed E-state index contributed by atoms with van der Waals surface area (Å²) in [5.74, 6) is 0.449. The number of aromatic nitrogens is 2. The Morgan fingerprint density at radius 3 is 2.74 bits per heavy atom. The van der Waals surface area contributed by atoms with Crippen molar-refractivity contribution in [2.24, 2.45) is 0 Å². The largest absolute Gasteiger partial charge is 0.472 e. The fraction of sp³-hybridized carbons (Fsp3) is 0.214. The Hall–Kier alpha value is -2.12. The minimum atomic E-state index is 0.159. The monoisotopic (exact) mass is 273 g/mol. The maximum Gasteiger partial charge on any atom is 0.225 e. The second-order valence-corrected chi connectivity index (χ2v) is 4.40. The van der Waals surface area contributed by atoms with E-state index in [2.05, 4.69) is 16.0 Å². The molecule has 0 saturated heterocycles. The second kappa shape index (κ2) is 5.68. The van der Waals surface area contributed by atoms with Gasteiger partial charge in [0.05, 0.1) is 11.6 Å². The molecule has 0 radical (unpaired) electrons. The second-order valence-electron chi connectivity index (χ2n) is 4.07. The molecular weight excluding hydrogens is 262 g/mol. The molecule has 0 amide bonds. The van der Waals surface area contributed by atoms with Crippen molar-refractivity contribution in [3.63, 3.8) is 0 Å². The third-order valence-electron chi connectivity index (χ3n) is 2.82. The van der Waals surface area contributed by atoms with E-state index >= 15 is 0 Å². The molecule has 0 bridgehead atoms. The zero-order valence-corrected chi connectivity index (χ0v) is 11.4. The van der Waals surface area contributed by atoms with E-state index in [4.69, 9.17) is 21.6 Å². The summed E-state index contributed by atoms with van der Waals surface area (Å²) >= 11 is 5.81. The fourth-order valence-electron chi connectivity index (χ4n) is 1.61.